The molecule has 2 atom stereocenters. The summed E-state index contributed by atoms with van der Waals surface area (Å²) >= 11 is 0. The Morgan fingerprint density at radius 2 is 0.889 bits per heavy atom. The van der Waals surface area contributed by atoms with Crippen LogP contribution < -0.4 is 0 Å². The van der Waals surface area contributed by atoms with Crippen LogP contribution in [0, 0.1) is 22.7 Å². The first-order valence-corrected chi connectivity index (χ1v) is 6.94. The van der Waals surface area contributed by atoms with E-state index in [4.69, 9.17) is 9.47 Å². The van der Waals surface area contributed by atoms with Gasteiger partial charge < -0.3 is 9.47 Å². The molecule has 0 N–H and O–H groups in total. The average molecular weight is 260 g/mol. The van der Waals surface area contributed by atoms with Crippen molar-refractivity contribution in [1.29, 1.82) is 0 Å². The van der Waals surface area contributed by atoms with Crippen LogP contribution in [-0.2, 0) is 9.47 Å². The van der Waals surface area contributed by atoms with Crippen LogP contribution in [0.3, 0.4) is 0 Å². The Labute approximate surface area is 115 Å². The maximum absolute atomic E-state index is 5.03. The van der Waals surface area contributed by atoms with Gasteiger partial charge in [-0.15, -0.1) is 0 Å². The molecule has 0 amide bonds. The molecule has 0 fully saturated rings. The molecule has 0 saturated heterocycles. The minimum atomic E-state index is 0.385. The molecule has 0 spiro atoms. The van der Waals surface area contributed by atoms with Gasteiger partial charge in [0.2, 0.25) is 0 Å². The molecule has 0 bridgehead atoms. The van der Waals surface area contributed by atoms with Crippen LogP contribution in [0.2, 0.25) is 0 Å². The Morgan fingerprint density at radius 3 is 0.944 bits per heavy atom. The normalized spacial score (nSPS) is 15.7. The summed E-state index contributed by atoms with van der Waals surface area (Å²) in [6.07, 6.45) is 0. The van der Waals surface area contributed by atoms with E-state index in [1.54, 1.807) is 14.2 Å². The Kier molecular flexibility index (Phi) is 10.0. The van der Waals surface area contributed by atoms with Gasteiger partial charge in [-0.2, -0.15) is 0 Å². The lowest BCUT2D eigenvalue weighted by molar-refractivity contribution is 0.101. The van der Waals surface area contributed by atoms with Gasteiger partial charge in [-0.05, 0) is 22.7 Å². The summed E-state index contributed by atoms with van der Waals surface area (Å²) in [6, 6.07) is 0. The number of hydrogen-bond donors (Lipinski definition) is 0. The largest absolute Gasteiger partial charge is 0.384 e. The number of methoxy groups -OCH3 is 2. The molecular formula is C16H36O2. The second-order valence-electron chi connectivity index (χ2n) is 7.44. The summed E-state index contributed by atoms with van der Waals surface area (Å²) in [4.78, 5) is 0. The zero-order chi connectivity index (χ0) is 15.0. The fraction of sp³-hybridized carbons (Fsp3) is 1.00. The molecule has 2 nitrogen and oxygen atoms in total. The van der Waals surface area contributed by atoms with Gasteiger partial charge in [-0.1, -0.05) is 55.4 Å². The molecule has 0 aromatic heterocycles. The molecule has 0 aliphatic carbocycles. The van der Waals surface area contributed by atoms with Crippen LogP contribution in [-0.4, -0.2) is 27.4 Å². The van der Waals surface area contributed by atoms with Crippen molar-refractivity contribution in [3.8, 4) is 0 Å². The Bertz CT molecular complexity index is 164. The summed E-state index contributed by atoms with van der Waals surface area (Å²) < 4.78 is 10.1. The molecule has 0 aliphatic heterocycles. The molecule has 0 aliphatic rings. The van der Waals surface area contributed by atoms with Crippen molar-refractivity contribution in [2.75, 3.05) is 27.4 Å². The van der Waals surface area contributed by atoms with E-state index in [2.05, 4.69) is 55.4 Å². The first-order chi connectivity index (χ1) is 7.96. The molecular weight excluding hydrogens is 224 g/mol. The van der Waals surface area contributed by atoms with Crippen LogP contribution in [0.25, 0.3) is 0 Å². The van der Waals surface area contributed by atoms with Gasteiger partial charge in [-0.25, -0.2) is 0 Å². The topological polar surface area (TPSA) is 18.5 Å². The standard InChI is InChI=1S/2C8H18O/c2*1-7(6-9-5)8(2,3)4/h2*7H,6H2,1-5H3/t2*7-/m10/s1. The van der Waals surface area contributed by atoms with E-state index >= 15 is 0 Å². The first-order valence-electron chi connectivity index (χ1n) is 6.94. The fourth-order valence-electron chi connectivity index (χ4n) is 1.00. The maximum atomic E-state index is 5.03. The lowest BCUT2D eigenvalue weighted by atomic mass is 9.83. The Hall–Kier alpha value is -0.0800. The highest BCUT2D eigenvalue weighted by atomic mass is 16.5. The van der Waals surface area contributed by atoms with Crippen molar-refractivity contribution in [1.82, 2.24) is 0 Å². The maximum Gasteiger partial charge on any atom is 0.0492 e. The molecule has 18 heavy (non-hydrogen) atoms. The van der Waals surface area contributed by atoms with Crippen molar-refractivity contribution in [2.45, 2.75) is 55.4 Å². The molecule has 0 aromatic carbocycles. The minimum Gasteiger partial charge on any atom is -0.384 e. The predicted octanol–water partition coefficient (Wildman–Crippen LogP) is 4.63. The number of hydrogen-bond acceptors (Lipinski definition) is 2. The monoisotopic (exact) mass is 260 g/mol. The van der Waals surface area contributed by atoms with Crippen LogP contribution in [0.4, 0.5) is 0 Å². The molecule has 0 radical (unpaired) electrons. The van der Waals surface area contributed by atoms with Gasteiger partial charge in [0.1, 0.15) is 0 Å². The average Bonchev–Trinajstić information content (AvgIpc) is 2.16. The van der Waals surface area contributed by atoms with Crippen molar-refractivity contribution < 1.29 is 9.47 Å². The SMILES string of the molecule is COC[C@@H](C)C(C)(C)C.COC[C@H](C)C(C)(C)C. The van der Waals surface area contributed by atoms with E-state index in [-0.39, 0.29) is 0 Å². The fourth-order valence-corrected chi connectivity index (χ4v) is 1.00. The summed E-state index contributed by atoms with van der Waals surface area (Å²) in [5, 5.41) is 0. The van der Waals surface area contributed by atoms with E-state index in [9.17, 15) is 0 Å². The molecule has 112 valence electrons. The van der Waals surface area contributed by atoms with Crippen molar-refractivity contribution in [3.05, 3.63) is 0 Å². The molecule has 0 saturated carbocycles. The lowest BCUT2D eigenvalue weighted by Gasteiger charge is -2.26. The third kappa shape index (κ3) is 11.0. The highest BCUT2D eigenvalue weighted by Gasteiger charge is 2.19. The van der Waals surface area contributed by atoms with E-state index in [1.165, 1.54) is 0 Å². The predicted molar refractivity (Wildman–Crippen MR) is 81.0 cm³/mol. The second kappa shape index (κ2) is 8.92. The van der Waals surface area contributed by atoms with E-state index in [0.29, 0.717) is 22.7 Å². The van der Waals surface area contributed by atoms with Gasteiger partial charge in [0.25, 0.3) is 0 Å². The van der Waals surface area contributed by atoms with Gasteiger partial charge in [0, 0.05) is 27.4 Å². The van der Waals surface area contributed by atoms with E-state index in [0.717, 1.165) is 13.2 Å². The Morgan fingerprint density at radius 1 is 0.667 bits per heavy atom. The van der Waals surface area contributed by atoms with Crippen molar-refractivity contribution >= 4 is 0 Å². The third-order valence-electron chi connectivity index (χ3n) is 3.79. The minimum absolute atomic E-state index is 0.385. The smallest absolute Gasteiger partial charge is 0.0492 e. The first kappa shape index (κ1) is 20.2. The van der Waals surface area contributed by atoms with Crippen LogP contribution in [0.5, 0.6) is 0 Å². The second-order valence-corrected chi connectivity index (χ2v) is 7.44. The van der Waals surface area contributed by atoms with Gasteiger partial charge in [-0.3, -0.25) is 0 Å². The van der Waals surface area contributed by atoms with E-state index < -0.39 is 0 Å². The quantitative estimate of drug-likeness (QED) is 0.733. The van der Waals surface area contributed by atoms with Crippen molar-refractivity contribution in [2.24, 2.45) is 22.7 Å². The van der Waals surface area contributed by atoms with Gasteiger partial charge in [0.05, 0.1) is 0 Å². The van der Waals surface area contributed by atoms with E-state index in [1.807, 2.05) is 0 Å². The number of rotatable bonds is 4. The third-order valence-corrected chi connectivity index (χ3v) is 3.79. The van der Waals surface area contributed by atoms with Gasteiger partial charge in [0.15, 0.2) is 0 Å². The molecule has 0 unspecified atom stereocenters. The molecule has 0 rings (SSSR count). The highest BCUT2D eigenvalue weighted by Crippen LogP contribution is 2.25. The molecule has 0 heterocycles. The van der Waals surface area contributed by atoms with Crippen LogP contribution in [0.15, 0.2) is 0 Å². The Balaban J connectivity index is 0. The van der Waals surface area contributed by atoms with Crippen LogP contribution in [0.1, 0.15) is 55.4 Å². The zero-order valence-corrected chi connectivity index (χ0v) is 14.4. The highest BCUT2D eigenvalue weighted by molar-refractivity contribution is 4.69. The van der Waals surface area contributed by atoms with Crippen LogP contribution >= 0.6 is 0 Å². The summed E-state index contributed by atoms with van der Waals surface area (Å²) in [5.74, 6) is 1.28. The summed E-state index contributed by atoms with van der Waals surface area (Å²) in [5.41, 5.74) is 0.770. The lowest BCUT2D eigenvalue weighted by Crippen LogP contribution is -2.21. The molecule has 2 heteroatoms. The van der Waals surface area contributed by atoms with Crippen molar-refractivity contribution in [3.63, 3.8) is 0 Å². The molecule has 0 aromatic rings. The zero-order valence-electron chi connectivity index (χ0n) is 14.4. The summed E-state index contributed by atoms with van der Waals surface area (Å²) in [7, 11) is 3.50. The number of ether oxygens (including phenoxy) is 2. The van der Waals surface area contributed by atoms with Gasteiger partial charge >= 0.3 is 0 Å². The summed E-state index contributed by atoms with van der Waals surface area (Å²) in [6.45, 7) is 19.5.